The molecule has 1 aliphatic carbocycles. The Labute approximate surface area is 134 Å². The second-order valence-electron chi connectivity index (χ2n) is 6.86. The highest BCUT2D eigenvalue weighted by Gasteiger charge is 2.19. The van der Waals surface area contributed by atoms with E-state index in [9.17, 15) is 0 Å². The second-order valence-corrected chi connectivity index (χ2v) is 6.86. The molecule has 1 fully saturated rings. The van der Waals surface area contributed by atoms with E-state index in [1.165, 1.54) is 69.3 Å². The highest BCUT2D eigenvalue weighted by Crippen LogP contribution is 2.25. The van der Waals surface area contributed by atoms with Gasteiger partial charge >= 0.3 is 0 Å². The number of rotatable bonds is 6. The van der Waals surface area contributed by atoms with Crippen LogP contribution >= 0.6 is 0 Å². The number of aryl methyl sites for hydroxylation is 1. The van der Waals surface area contributed by atoms with Gasteiger partial charge in [0.05, 0.1) is 7.11 Å². The number of benzene rings is 1. The van der Waals surface area contributed by atoms with Crippen molar-refractivity contribution >= 4 is 0 Å². The summed E-state index contributed by atoms with van der Waals surface area (Å²) in [6, 6.07) is 7.19. The molecule has 1 aromatic carbocycles. The lowest BCUT2D eigenvalue weighted by Gasteiger charge is -2.27. The standard InChI is InChI=1S/C19H30N2O/c1-22-19-7-5-16-4-6-18(13-17(16)14-19)21-10-2-3-15-8-11-20-12-9-15/h5,7,14-15,18,20-21H,2-4,6,8-13H2,1H3/t18-/m1/s1. The summed E-state index contributed by atoms with van der Waals surface area (Å²) in [5.41, 5.74) is 2.98. The third-order valence-electron chi connectivity index (χ3n) is 5.32. The molecule has 1 atom stereocenters. The summed E-state index contributed by atoms with van der Waals surface area (Å²) in [4.78, 5) is 0. The maximum Gasteiger partial charge on any atom is 0.119 e. The molecular formula is C19H30N2O. The molecule has 1 heterocycles. The highest BCUT2D eigenvalue weighted by molar-refractivity contribution is 5.37. The maximum absolute atomic E-state index is 5.36. The normalized spacial score (nSPS) is 22.3. The topological polar surface area (TPSA) is 33.3 Å². The van der Waals surface area contributed by atoms with Crippen LogP contribution in [0.3, 0.4) is 0 Å². The molecule has 0 radical (unpaired) electrons. The SMILES string of the molecule is COc1ccc2c(c1)C[C@H](NCCCC1CCNCC1)CC2. The first-order valence-corrected chi connectivity index (χ1v) is 8.95. The Morgan fingerprint density at radius 1 is 1.18 bits per heavy atom. The first kappa shape index (κ1) is 15.8. The van der Waals surface area contributed by atoms with Crippen molar-refractivity contribution in [2.24, 2.45) is 5.92 Å². The number of fused-ring (bicyclic) bond motifs is 1. The largest absolute Gasteiger partial charge is 0.497 e. The van der Waals surface area contributed by atoms with Gasteiger partial charge in [0.15, 0.2) is 0 Å². The van der Waals surface area contributed by atoms with Gasteiger partial charge in [0, 0.05) is 6.04 Å². The molecule has 1 aromatic rings. The average molecular weight is 302 g/mol. The lowest BCUT2D eigenvalue weighted by molar-refractivity contribution is 0.339. The van der Waals surface area contributed by atoms with Crippen LogP contribution in [0, 0.1) is 5.92 Å². The predicted molar refractivity (Wildman–Crippen MR) is 91.6 cm³/mol. The van der Waals surface area contributed by atoms with Crippen molar-refractivity contribution in [3.8, 4) is 5.75 Å². The van der Waals surface area contributed by atoms with Crippen LogP contribution in [0.15, 0.2) is 18.2 Å². The van der Waals surface area contributed by atoms with Crippen LogP contribution in [0.2, 0.25) is 0 Å². The van der Waals surface area contributed by atoms with Gasteiger partial charge in [0.25, 0.3) is 0 Å². The summed E-state index contributed by atoms with van der Waals surface area (Å²) in [7, 11) is 1.75. The molecule has 0 unspecified atom stereocenters. The fraction of sp³-hybridized carbons (Fsp3) is 0.684. The van der Waals surface area contributed by atoms with Gasteiger partial charge in [-0.2, -0.15) is 0 Å². The summed E-state index contributed by atoms with van der Waals surface area (Å²) >= 11 is 0. The van der Waals surface area contributed by atoms with E-state index >= 15 is 0 Å². The van der Waals surface area contributed by atoms with E-state index < -0.39 is 0 Å². The van der Waals surface area contributed by atoms with Crippen molar-refractivity contribution in [2.45, 2.75) is 51.0 Å². The molecule has 0 aromatic heterocycles. The first-order valence-electron chi connectivity index (χ1n) is 8.95. The van der Waals surface area contributed by atoms with Gasteiger partial charge in [-0.15, -0.1) is 0 Å². The first-order chi connectivity index (χ1) is 10.8. The van der Waals surface area contributed by atoms with Crippen molar-refractivity contribution in [3.63, 3.8) is 0 Å². The Kier molecular flexibility index (Phi) is 5.74. The molecule has 3 rings (SSSR count). The lowest BCUT2D eigenvalue weighted by Crippen LogP contribution is -2.35. The molecule has 0 saturated carbocycles. The number of methoxy groups -OCH3 is 1. The van der Waals surface area contributed by atoms with Crippen LogP contribution in [-0.4, -0.2) is 32.8 Å². The van der Waals surface area contributed by atoms with E-state index in [4.69, 9.17) is 4.74 Å². The van der Waals surface area contributed by atoms with Crippen LogP contribution in [0.5, 0.6) is 5.75 Å². The number of hydrogen-bond donors (Lipinski definition) is 2. The Hall–Kier alpha value is -1.06. The monoisotopic (exact) mass is 302 g/mol. The zero-order chi connectivity index (χ0) is 15.2. The van der Waals surface area contributed by atoms with Crippen LogP contribution in [-0.2, 0) is 12.8 Å². The summed E-state index contributed by atoms with van der Waals surface area (Å²) in [6.45, 7) is 3.62. The summed E-state index contributed by atoms with van der Waals surface area (Å²) in [5, 5.41) is 7.23. The van der Waals surface area contributed by atoms with Gasteiger partial charge in [0.1, 0.15) is 5.75 Å². The predicted octanol–water partition coefficient (Wildman–Crippen LogP) is 2.92. The van der Waals surface area contributed by atoms with E-state index in [2.05, 4.69) is 28.8 Å². The van der Waals surface area contributed by atoms with Crippen LogP contribution in [0.4, 0.5) is 0 Å². The van der Waals surface area contributed by atoms with Crippen LogP contribution in [0.1, 0.15) is 43.2 Å². The van der Waals surface area contributed by atoms with Crippen LogP contribution < -0.4 is 15.4 Å². The van der Waals surface area contributed by atoms with E-state index in [0.29, 0.717) is 6.04 Å². The van der Waals surface area contributed by atoms with E-state index in [1.54, 1.807) is 7.11 Å². The molecular weight excluding hydrogens is 272 g/mol. The van der Waals surface area contributed by atoms with E-state index in [-0.39, 0.29) is 0 Å². The minimum absolute atomic E-state index is 0.646. The van der Waals surface area contributed by atoms with Gasteiger partial charge in [-0.3, -0.25) is 0 Å². The van der Waals surface area contributed by atoms with Gasteiger partial charge in [0.2, 0.25) is 0 Å². The fourth-order valence-corrected chi connectivity index (χ4v) is 3.90. The number of ether oxygens (including phenoxy) is 1. The van der Waals surface area contributed by atoms with Gasteiger partial charge in [-0.05, 0) is 93.8 Å². The minimum Gasteiger partial charge on any atom is -0.497 e. The van der Waals surface area contributed by atoms with Gasteiger partial charge < -0.3 is 15.4 Å². The Morgan fingerprint density at radius 2 is 2.05 bits per heavy atom. The maximum atomic E-state index is 5.36. The van der Waals surface area contributed by atoms with Gasteiger partial charge in [-0.1, -0.05) is 6.07 Å². The van der Waals surface area contributed by atoms with Crippen molar-refractivity contribution in [3.05, 3.63) is 29.3 Å². The van der Waals surface area contributed by atoms with Crippen LogP contribution in [0.25, 0.3) is 0 Å². The Balaban J connectivity index is 1.40. The third kappa shape index (κ3) is 4.23. The molecule has 2 N–H and O–H groups in total. The Morgan fingerprint density at radius 3 is 2.86 bits per heavy atom. The molecule has 1 saturated heterocycles. The third-order valence-corrected chi connectivity index (χ3v) is 5.32. The lowest BCUT2D eigenvalue weighted by atomic mass is 9.88. The molecule has 122 valence electrons. The summed E-state index contributed by atoms with van der Waals surface area (Å²) in [6.07, 6.45) is 9.09. The second kappa shape index (κ2) is 7.98. The molecule has 0 bridgehead atoms. The summed E-state index contributed by atoms with van der Waals surface area (Å²) < 4.78 is 5.36. The molecule has 0 spiro atoms. The highest BCUT2D eigenvalue weighted by atomic mass is 16.5. The fourth-order valence-electron chi connectivity index (χ4n) is 3.90. The van der Waals surface area contributed by atoms with Crippen molar-refractivity contribution in [2.75, 3.05) is 26.7 Å². The van der Waals surface area contributed by atoms with Crippen molar-refractivity contribution < 1.29 is 4.74 Å². The number of hydrogen-bond acceptors (Lipinski definition) is 3. The van der Waals surface area contributed by atoms with Gasteiger partial charge in [-0.25, -0.2) is 0 Å². The Bertz CT molecular complexity index is 469. The minimum atomic E-state index is 0.646. The quantitative estimate of drug-likeness (QED) is 0.793. The zero-order valence-electron chi connectivity index (χ0n) is 13.9. The zero-order valence-corrected chi connectivity index (χ0v) is 13.9. The molecule has 0 amide bonds. The average Bonchev–Trinajstić information content (AvgIpc) is 2.59. The van der Waals surface area contributed by atoms with E-state index in [1.807, 2.05) is 0 Å². The number of piperidine rings is 1. The molecule has 3 heteroatoms. The molecule has 1 aliphatic heterocycles. The molecule has 2 aliphatic rings. The van der Waals surface area contributed by atoms with E-state index in [0.717, 1.165) is 18.1 Å². The molecule has 22 heavy (non-hydrogen) atoms. The summed E-state index contributed by atoms with van der Waals surface area (Å²) in [5.74, 6) is 1.95. The smallest absolute Gasteiger partial charge is 0.119 e. The van der Waals surface area contributed by atoms with Crippen molar-refractivity contribution in [1.29, 1.82) is 0 Å². The van der Waals surface area contributed by atoms with Crippen molar-refractivity contribution in [1.82, 2.24) is 10.6 Å². The molecule has 3 nitrogen and oxygen atoms in total. The number of nitrogens with one attached hydrogen (secondary N) is 2.